The Hall–Kier alpha value is -2.67. The first-order chi connectivity index (χ1) is 15.0. The molecule has 1 aliphatic heterocycles. The summed E-state index contributed by atoms with van der Waals surface area (Å²) in [6.45, 7) is 6.04. The number of nitrogens with one attached hydrogen (secondary N) is 2. The first-order valence-electron chi connectivity index (χ1n) is 11.4. The van der Waals surface area contributed by atoms with Gasteiger partial charge in [0.25, 0.3) is 11.5 Å². The molecule has 3 fully saturated rings. The number of rotatable bonds is 5. The molecule has 0 radical (unpaired) electrons. The van der Waals surface area contributed by atoms with Gasteiger partial charge in [-0.25, -0.2) is 4.98 Å². The second kappa shape index (κ2) is 7.79. The lowest BCUT2D eigenvalue weighted by Gasteiger charge is -2.39. The van der Waals surface area contributed by atoms with Gasteiger partial charge in [-0.3, -0.25) is 14.5 Å². The lowest BCUT2D eigenvalue weighted by molar-refractivity contribution is 0.0958. The quantitative estimate of drug-likeness (QED) is 0.771. The van der Waals surface area contributed by atoms with Gasteiger partial charge in [-0.05, 0) is 49.8 Å². The van der Waals surface area contributed by atoms with Crippen LogP contribution in [-0.2, 0) is 11.8 Å². The number of aryl methyl sites for hydroxylation is 1. The number of hydrogen-bond acceptors (Lipinski definition) is 5. The van der Waals surface area contributed by atoms with Crippen molar-refractivity contribution in [1.82, 2.24) is 20.2 Å². The molecule has 1 saturated heterocycles. The summed E-state index contributed by atoms with van der Waals surface area (Å²) in [5.41, 5.74) is 3.85. The minimum Gasteiger partial charge on any atom is -0.368 e. The molecular formula is C24H31N5O2. The number of aromatic nitrogens is 2. The molecule has 3 atom stereocenters. The fraction of sp³-hybridized carbons (Fsp3) is 0.542. The number of fused-ring (bicyclic) bond motifs is 1. The van der Waals surface area contributed by atoms with E-state index in [2.05, 4.69) is 31.2 Å². The predicted octanol–water partition coefficient (Wildman–Crippen LogP) is 1.93. The van der Waals surface area contributed by atoms with Crippen LogP contribution in [0.2, 0.25) is 0 Å². The van der Waals surface area contributed by atoms with Crippen molar-refractivity contribution in [3.63, 3.8) is 0 Å². The van der Waals surface area contributed by atoms with Gasteiger partial charge < -0.3 is 15.2 Å². The summed E-state index contributed by atoms with van der Waals surface area (Å²) < 4.78 is 0. The highest BCUT2D eigenvalue weighted by atomic mass is 16.1. The van der Waals surface area contributed by atoms with Gasteiger partial charge in [-0.15, -0.1) is 0 Å². The molecule has 7 nitrogen and oxygen atoms in total. The van der Waals surface area contributed by atoms with Gasteiger partial charge in [0.15, 0.2) is 0 Å². The summed E-state index contributed by atoms with van der Waals surface area (Å²) in [6, 6.07) is 8.57. The molecule has 0 aromatic carbocycles. The van der Waals surface area contributed by atoms with E-state index in [-0.39, 0.29) is 16.9 Å². The number of hydrogen-bond donors (Lipinski definition) is 2. The van der Waals surface area contributed by atoms with Crippen molar-refractivity contribution in [3.8, 4) is 0 Å². The fourth-order valence-corrected chi connectivity index (χ4v) is 5.74. The Morgan fingerprint density at radius 2 is 2.00 bits per heavy atom. The molecule has 2 aliphatic carbocycles. The summed E-state index contributed by atoms with van der Waals surface area (Å²) in [4.78, 5) is 36.5. The summed E-state index contributed by atoms with van der Waals surface area (Å²) in [6.07, 6.45) is 6.19. The Labute approximate surface area is 182 Å². The average Bonchev–Trinajstić information content (AvgIpc) is 3.39. The molecular weight excluding hydrogens is 390 g/mol. The van der Waals surface area contributed by atoms with Crippen molar-refractivity contribution in [2.24, 2.45) is 5.92 Å². The monoisotopic (exact) mass is 421 g/mol. The normalized spacial score (nSPS) is 27.7. The smallest absolute Gasteiger partial charge is 0.269 e. The van der Waals surface area contributed by atoms with Gasteiger partial charge in [0, 0.05) is 55.9 Å². The van der Waals surface area contributed by atoms with Crippen molar-refractivity contribution >= 4 is 11.6 Å². The van der Waals surface area contributed by atoms with Crippen molar-refractivity contribution in [2.75, 3.05) is 38.1 Å². The topological polar surface area (TPSA) is 81.3 Å². The third-order valence-electron chi connectivity index (χ3n) is 7.70. The number of amides is 1. The van der Waals surface area contributed by atoms with Crippen molar-refractivity contribution < 1.29 is 4.79 Å². The first kappa shape index (κ1) is 20.2. The van der Waals surface area contributed by atoms with Gasteiger partial charge in [0.1, 0.15) is 5.69 Å². The first-order valence-corrected chi connectivity index (χ1v) is 11.4. The Bertz CT molecular complexity index is 1030. The molecule has 3 unspecified atom stereocenters. The number of nitrogens with zero attached hydrogens (tertiary/aromatic N) is 3. The van der Waals surface area contributed by atoms with E-state index in [4.69, 9.17) is 0 Å². The van der Waals surface area contributed by atoms with Crippen LogP contribution >= 0.6 is 0 Å². The Morgan fingerprint density at radius 3 is 2.65 bits per heavy atom. The summed E-state index contributed by atoms with van der Waals surface area (Å²) in [5, 5.41) is 2.61. The van der Waals surface area contributed by atoms with Crippen LogP contribution in [0.4, 0.5) is 5.69 Å². The van der Waals surface area contributed by atoms with Crippen LogP contribution in [0, 0.1) is 5.92 Å². The maximum absolute atomic E-state index is 12.3. The predicted molar refractivity (Wildman–Crippen MR) is 121 cm³/mol. The Balaban J connectivity index is 1.20. The number of carbonyl (C=O) groups is 1. The third-order valence-corrected chi connectivity index (χ3v) is 7.70. The van der Waals surface area contributed by atoms with Crippen LogP contribution in [0.5, 0.6) is 0 Å². The molecule has 1 amide bonds. The molecule has 2 aromatic heterocycles. The van der Waals surface area contributed by atoms with E-state index in [9.17, 15) is 9.59 Å². The maximum Gasteiger partial charge on any atom is 0.269 e. The summed E-state index contributed by atoms with van der Waals surface area (Å²) >= 11 is 0. The molecule has 0 spiro atoms. The zero-order valence-electron chi connectivity index (χ0n) is 18.4. The second-order valence-electron chi connectivity index (χ2n) is 9.23. The highest BCUT2D eigenvalue weighted by Gasteiger charge is 2.62. The minimum absolute atomic E-state index is 0.0909. The highest BCUT2D eigenvalue weighted by molar-refractivity contribution is 5.92. The van der Waals surface area contributed by atoms with E-state index in [1.807, 2.05) is 19.1 Å². The molecule has 164 valence electrons. The minimum atomic E-state index is -0.157. The Kier molecular flexibility index (Phi) is 5.08. The number of H-pyrrole nitrogens is 1. The number of carbonyl (C=O) groups excluding carboxylic acids is 1. The van der Waals surface area contributed by atoms with E-state index in [0.29, 0.717) is 17.7 Å². The van der Waals surface area contributed by atoms with Crippen LogP contribution in [0.25, 0.3) is 0 Å². The lowest BCUT2D eigenvalue weighted by Crippen LogP contribution is -2.50. The number of anilines is 1. The largest absolute Gasteiger partial charge is 0.368 e. The van der Waals surface area contributed by atoms with E-state index in [1.54, 1.807) is 19.3 Å². The van der Waals surface area contributed by atoms with Gasteiger partial charge in [0.05, 0.1) is 11.9 Å². The second-order valence-corrected chi connectivity index (χ2v) is 9.23. The Morgan fingerprint density at radius 1 is 1.19 bits per heavy atom. The van der Waals surface area contributed by atoms with Crippen LogP contribution in [0.15, 0.2) is 35.3 Å². The third kappa shape index (κ3) is 3.55. The summed E-state index contributed by atoms with van der Waals surface area (Å²) in [7, 11) is 1.62. The lowest BCUT2D eigenvalue weighted by atomic mass is 9.95. The van der Waals surface area contributed by atoms with E-state index >= 15 is 0 Å². The van der Waals surface area contributed by atoms with Crippen molar-refractivity contribution in [2.45, 2.75) is 44.1 Å². The van der Waals surface area contributed by atoms with Crippen molar-refractivity contribution in [1.29, 1.82) is 0 Å². The highest BCUT2D eigenvalue weighted by Crippen LogP contribution is 2.64. The van der Waals surface area contributed by atoms with Gasteiger partial charge in [-0.2, -0.15) is 0 Å². The van der Waals surface area contributed by atoms with Gasteiger partial charge in [0.2, 0.25) is 0 Å². The summed E-state index contributed by atoms with van der Waals surface area (Å²) in [5.74, 6) is 0.552. The molecule has 3 aliphatic rings. The molecule has 2 N–H and O–H groups in total. The van der Waals surface area contributed by atoms with E-state index in [1.165, 1.54) is 12.8 Å². The standard InChI is InChI=1S/C24H31N5O2/c1-3-16-4-7-21(27-22(16)30)24-13-17(24)12-19(14-24)29-10-8-28(9-11-29)18-5-6-20(26-15-18)23(31)25-2/h4-7,15,17,19H,3,8-14H2,1-2H3,(H,25,31)(H,27,30). The zero-order valence-corrected chi connectivity index (χ0v) is 18.4. The van der Waals surface area contributed by atoms with E-state index < -0.39 is 0 Å². The molecule has 2 aromatic rings. The maximum atomic E-state index is 12.3. The van der Waals surface area contributed by atoms with Crippen LogP contribution in [0.1, 0.15) is 47.9 Å². The van der Waals surface area contributed by atoms with Crippen LogP contribution in [0.3, 0.4) is 0 Å². The van der Waals surface area contributed by atoms with Crippen molar-refractivity contribution in [3.05, 3.63) is 57.8 Å². The van der Waals surface area contributed by atoms with Crippen LogP contribution < -0.4 is 15.8 Å². The van der Waals surface area contributed by atoms with E-state index in [0.717, 1.165) is 56.0 Å². The fourth-order valence-electron chi connectivity index (χ4n) is 5.74. The zero-order chi connectivity index (χ0) is 21.6. The van der Waals surface area contributed by atoms with Gasteiger partial charge in [-0.1, -0.05) is 13.0 Å². The molecule has 3 heterocycles. The number of aromatic amines is 1. The van der Waals surface area contributed by atoms with Crippen LogP contribution in [-0.4, -0.2) is 60.0 Å². The average molecular weight is 422 g/mol. The van der Waals surface area contributed by atoms with Gasteiger partial charge >= 0.3 is 0 Å². The molecule has 7 heteroatoms. The molecule has 5 rings (SSSR count). The number of piperazine rings is 1. The molecule has 0 bridgehead atoms. The number of pyridine rings is 2. The molecule has 31 heavy (non-hydrogen) atoms. The SMILES string of the molecule is CCc1ccc(C23CC(N4CCN(c5ccc(C(=O)NC)nc5)CC4)CC2C3)[nH]c1=O. The molecule has 2 saturated carbocycles.